The summed E-state index contributed by atoms with van der Waals surface area (Å²) in [4.78, 5) is 24.6. The van der Waals surface area contributed by atoms with Crippen LogP contribution in [0.15, 0.2) is 65.8 Å². The highest BCUT2D eigenvalue weighted by atomic mass is 35.5. The topological polar surface area (TPSA) is 86.2 Å². The molecule has 0 saturated carbocycles. The number of nitrogens with zero attached hydrogens (tertiary/aromatic N) is 1. The molecule has 176 valence electrons. The third-order valence-electron chi connectivity index (χ3n) is 4.41. The van der Waals surface area contributed by atoms with Crippen molar-refractivity contribution in [1.29, 1.82) is 0 Å². The zero-order valence-corrected chi connectivity index (χ0v) is 20.3. The lowest BCUT2D eigenvalue weighted by Gasteiger charge is -2.13. The van der Waals surface area contributed by atoms with Crippen LogP contribution in [0, 0.1) is 0 Å². The molecule has 3 aromatic carbocycles. The lowest BCUT2D eigenvalue weighted by atomic mass is 10.2. The number of methoxy groups -OCH3 is 1. The third-order valence-corrected chi connectivity index (χ3v) is 5.39. The largest absolute Gasteiger partial charge is 0.493 e. The number of ether oxygens (including phenoxy) is 3. The van der Waals surface area contributed by atoms with E-state index in [-0.39, 0.29) is 16.3 Å². The molecule has 0 heterocycles. The number of halogens is 3. The van der Waals surface area contributed by atoms with Crippen LogP contribution in [-0.2, 0) is 4.79 Å². The molecule has 0 aliphatic rings. The minimum atomic E-state index is -0.798. The predicted octanol–water partition coefficient (Wildman–Crippen LogP) is 5.79. The Morgan fingerprint density at radius 2 is 1.76 bits per heavy atom. The first-order chi connectivity index (χ1) is 16.3. The Morgan fingerprint density at radius 1 is 0.971 bits per heavy atom. The van der Waals surface area contributed by atoms with Gasteiger partial charge in [0.2, 0.25) is 0 Å². The molecule has 0 saturated heterocycles. The molecule has 3 rings (SSSR count). The van der Waals surface area contributed by atoms with Gasteiger partial charge in [-0.2, -0.15) is 5.10 Å². The molecule has 0 aromatic heterocycles. The molecule has 1 amide bonds. The fraction of sp³-hybridized carbons (Fsp3) is 0.125. The van der Waals surface area contributed by atoms with E-state index in [1.165, 1.54) is 31.5 Å². The summed E-state index contributed by atoms with van der Waals surface area (Å²) in [5.41, 5.74) is 3.23. The van der Waals surface area contributed by atoms with Gasteiger partial charge in [-0.25, -0.2) is 10.2 Å². The van der Waals surface area contributed by atoms with Crippen LogP contribution in [0.5, 0.6) is 17.2 Å². The number of hydrazone groups is 1. The number of carbonyl (C=O) groups is 2. The van der Waals surface area contributed by atoms with Gasteiger partial charge in [0.15, 0.2) is 17.6 Å². The van der Waals surface area contributed by atoms with E-state index in [4.69, 9.17) is 49.0 Å². The van der Waals surface area contributed by atoms with Gasteiger partial charge in [0.1, 0.15) is 5.75 Å². The quantitative estimate of drug-likeness (QED) is 0.175. The van der Waals surface area contributed by atoms with Crippen molar-refractivity contribution >= 4 is 52.9 Å². The van der Waals surface area contributed by atoms with E-state index in [0.717, 1.165) is 0 Å². The molecule has 0 radical (unpaired) electrons. The van der Waals surface area contributed by atoms with Crippen molar-refractivity contribution in [3.8, 4) is 17.2 Å². The summed E-state index contributed by atoms with van der Waals surface area (Å²) in [6.45, 7) is 1.59. The van der Waals surface area contributed by atoms with Crippen molar-refractivity contribution in [2.75, 3.05) is 7.11 Å². The molecule has 0 aliphatic heterocycles. The third kappa shape index (κ3) is 6.87. The van der Waals surface area contributed by atoms with Gasteiger partial charge in [-0.05, 0) is 67.1 Å². The number of rotatable bonds is 8. The fourth-order valence-corrected chi connectivity index (χ4v) is 3.17. The van der Waals surface area contributed by atoms with Gasteiger partial charge in [-0.15, -0.1) is 0 Å². The Kier molecular flexibility index (Phi) is 8.76. The second-order valence-corrected chi connectivity index (χ2v) is 8.13. The molecule has 0 fully saturated rings. The molecule has 3 aromatic rings. The standard InChI is InChI=1S/C24H19Cl3N2O5/c1-14(33-18-5-3-4-17(25)12-18)23(30)29-28-13-15-6-9-21(22(10-15)32-2)34-24(31)16-7-8-19(26)20(27)11-16/h3-14H,1-2H3,(H,29,30)/b28-13+. The van der Waals surface area contributed by atoms with Gasteiger partial charge in [0.05, 0.1) is 28.9 Å². The van der Waals surface area contributed by atoms with E-state index in [1.54, 1.807) is 49.4 Å². The van der Waals surface area contributed by atoms with Crippen molar-refractivity contribution < 1.29 is 23.8 Å². The zero-order valence-electron chi connectivity index (χ0n) is 18.1. The number of nitrogens with one attached hydrogen (secondary N) is 1. The molecular weight excluding hydrogens is 503 g/mol. The number of amides is 1. The first-order valence-electron chi connectivity index (χ1n) is 9.87. The summed E-state index contributed by atoms with van der Waals surface area (Å²) in [7, 11) is 1.43. The van der Waals surface area contributed by atoms with E-state index in [0.29, 0.717) is 27.1 Å². The maximum Gasteiger partial charge on any atom is 0.343 e. The highest BCUT2D eigenvalue weighted by molar-refractivity contribution is 6.42. The molecule has 34 heavy (non-hydrogen) atoms. The summed E-state index contributed by atoms with van der Waals surface area (Å²) in [5, 5.41) is 5.01. The van der Waals surface area contributed by atoms with E-state index >= 15 is 0 Å². The van der Waals surface area contributed by atoms with Crippen molar-refractivity contribution in [3.05, 3.63) is 86.9 Å². The van der Waals surface area contributed by atoms with E-state index in [1.807, 2.05) is 0 Å². The number of hydrogen-bond donors (Lipinski definition) is 1. The van der Waals surface area contributed by atoms with E-state index in [9.17, 15) is 9.59 Å². The van der Waals surface area contributed by atoms with Gasteiger partial charge < -0.3 is 14.2 Å². The first kappa shape index (κ1) is 25.4. The van der Waals surface area contributed by atoms with Gasteiger partial charge >= 0.3 is 5.97 Å². The van der Waals surface area contributed by atoms with Crippen LogP contribution < -0.4 is 19.6 Å². The van der Waals surface area contributed by atoms with Crippen molar-refractivity contribution in [2.24, 2.45) is 5.10 Å². The van der Waals surface area contributed by atoms with E-state index in [2.05, 4.69) is 10.5 Å². The van der Waals surface area contributed by atoms with E-state index < -0.39 is 18.0 Å². The molecule has 0 bridgehead atoms. The van der Waals surface area contributed by atoms with Crippen LogP contribution in [0.2, 0.25) is 15.1 Å². The highest BCUT2D eigenvalue weighted by Gasteiger charge is 2.15. The summed E-state index contributed by atoms with van der Waals surface area (Å²) in [6.07, 6.45) is 0.616. The van der Waals surface area contributed by atoms with Crippen molar-refractivity contribution in [2.45, 2.75) is 13.0 Å². The molecule has 1 N–H and O–H groups in total. The molecule has 1 unspecified atom stereocenters. The Labute approximate surface area is 211 Å². The normalized spacial score (nSPS) is 11.7. The molecule has 7 nitrogen and oxygen atoms in total. The lowest BCUT2D eigenvalue weighted by molar-refractivity contribution is -0.127. The molecule has 0 spiro atoms. The monoisotopic (exact) mass is 520 g/mol. The first-order valence-corrected chi connectivity index (χ1v) is 11.0. The van der Waals surface area contributed by atoms with Crippen molar-refractivity contribution in [3.63, 3.8) is 0 Å². The average Bonchev–Trinajstić information content (AvgIpc) is 2.81. The van der Waals surface area contributed by atoms with Crippen LogP contribution in [0.3, 0.4) is 0 Å². The summed E-state index contributed by atoms with van der Waals surface area (Å²) in [5.74, 6) is -0.117. The Balaban J connectivity index is 1.61. The average molecular weight is 522 g/mol. The molecule has 0 aliphatic carbocycles. The maximum atomic E-state index is 12.4. The van der Waals surface area contributed by atoms with Crippen LogP contribution >= 0.6 is 34.8 Å². The SMILES string of the molecule is COc1cc(/C=N/NC(=O)C(C)Oc2cccc(Cl)c2)ccc1OC(=O)c1ccc(Cl)c(Cl)c1. The highest BCUT2D eigenvalue weighted by Crippen LogP contribution is 2.29. The summed E-state index contributed by atoms with van der Waals surface area (Å²) >= 11 is 17.7. The minimum absolute atomic E-state index is 0.198. The molecule has 10 heteroatoms. The predicted molar refractivity (Wildman–Crippen MR) is 132 cm³/mol. The van der Waals surface area contributed by atoms with Crippen LogP contribution in [0.1, 0.15) is 22.8 Å². The fourth-order valence-electron chi connectivity index (χ4n) is 2.69. The van der Waals surface area contributed by atoms with Gasteiger partial charge in [0, 0.05) is 5.02 Å². The second kappa shape index (κ2) is 11.7. The Bertz CT molecular complexity index is 1230. The maximum absolute atomic E-state index is 12.4. The molecule has 1 atom stereocenters. The number of benzene rings is 3. The summed E-state index contributed by atoms with van der Waals surface area (Å²) in [6, 6.07) is 15.9. The van der Waals surface area contributed by atoms with Crippen LogP contribution in [0.25, 0.3) is 0 Å². The number of hydrogen-bond acceptors (Lipinski definition) is 6. The number of esters is 1. The Morgan fingerprint density at radius 3 is 2.47 bits per heavy atom. The van der Waals surface area contributed by atoms with Crippen molar-refractivity contribution in [1.82, 2.24) is 5.43 Å². The zero-order chi connectivity index (χ0) is 24.7. The van der Waals surface area contributed by atoms with Crippen LogP contribution in [-0.4, -0.2) is 31.3 Å². The molecular formula is C24H19Cl3N2O5. The second-order valence-electron chi connectivity index (χ2n) is 6.88. The number of carbonyl (C=O) groups excluding carboxylic acids is 2. The smallest absolute Gasteiger partial charge is 0.343 e. The van der Waals surface area contributed by atoms with Gasteiger partial charge in [-0.1, -0.05) is 40.9 Å². The van der Waals surface area contributed by atoms with Crippen LogP contribution in [0.4, 0.5) is 0 Å². The Hall–Kier alpha value is -3.26. The minimum Gasteiger partial charge on any atom is -0.493 e. The van der Waals surface area contributed by atoms with Gasteiger partial charge in [-0.3, -0.25) is 4.79 Å². The van der Waals surface area contributed by atoms with Gasteiger partial charge in [0.25, 0.3) is 5.91 Å². The lowest BCUT2D eigenvalue weighted by Crippen LogP contribution is -2.33. The summed E-state index contributed by atoms with van der Waals surface area (Å²) < 4.78 is 16.3.